The number of carboxylic acid groups (broad SMARTS) is 1. The van der Waals surface area contributed by atoms with Gasteiger partial charge in [-0.3, -0.25) is 5.43 Å². The summed E-state index contributed by atoms with van der Waals surface area (Å²) in [6.07, 6.45) is 3.97. The van der Waals surface area contributed by atoms with E-state index in [1.54, 1.807) is 12.1 Å². The van der Waals surface area contributed by atoms with Crippen molar-refractivity contribution in [2.24, 2.45) is 11.8 Å². The lowest BCUT2D eigenvalue weighted by molar-refractivity contribution is 0.0696. The molecule has 7 heteroatoms. The lowest BCUT2D eigenvalue weighted by atomic mass is 9.76. The zero-order valence-corrected chi connectivity index (χ0v) is 17.3. The number of ether oxygens (including phenoxy) is 2. The number of amides is 1. The van der Waals surface area contributed by atoms with E-state index in [2.05, 4.69) is 10.9 Å². The first-order valence-corrected chi connectivity index (χ1v) is 10.8. The summed E-state index contributed by atoms with van der Waals surface area (Å²) in [6.45, 7) is 0.860. The number of hydrazine groups is 1. The summed E-state index contributed by atoms with van der Waals surface area (Å²) in [6, 6.07) is 16.6. The van der Waals surface area contributed by atoms with Crippen LogP contribution in [0.2, 0.25) is 0 Å². The third-order valence-electron chi connectivity index (χ3n) is 6.30. The van der Waals surface area contributed by atoms with Crippen molar-refractivity contribution in [2.75, 3.05) is 6.54 Å². The Morgan fingerprint density at radius 2 is 1.68 bits per heavy atom. The first-order chi connectivity index (χ1) is 15.1. The summed E-state index contributed by atoms with van der Waals surface area (Å²) in [7, 11) is 0. The van der Waals surface area contributed by atoms with Crippen molar-refractivity contribution in [2.45, 2.75) is 44.5 Å². The summed E-state index contributed by atoms with van der Waals surface area (Å²) in [5.74, 6) is -0.173. The van der Waals surface area contributed by atoms with E-state index in [0.717, 1.165) is 36.8 Å². The van der Waals surface area contributed by atoms with E-state index in [1.807, 2.05) is 42.5 Å². The van der Waals surface area contributed by atoms with Crippen LogP contribution in [-0.4, -0.2) is 35.9 Å². The molecule has 2 bridgehead atoms. The molecule has 2 fully saturated rings. The molecule has 0 spiro atoms. The van der Waals surface area contributed by atoms with Gasteiger partial charge in [-0.2, -0.15) is 0 Å². The zero-order valence-electron chi connectivity index (χ0n) is 17.3. The quantitative estimate of drug-likeness (QED) is 0.533. The highest BCUT2D eigenvalue weighted by Crippen LogP contribution is 2.45. The number of carbonyl (C=O) groups excluding carboxylic acids is 1. The minimum Gasteiger partial charge on any atom is -0.478 e. The Labute approximate surface area is 181 Å². The number of hydrogen-bond acceptors (Lipinski definition) is 5. The number of fused-ring (bicyclic) bond motifs is 2. The van der Waals surface area contributed by atoms with Gasteiger partial charge in [-0.1, -0.05) is 42.5 Å². The number of nitrogens with one attached hydrogen (secondary N) is 2. The Balaban J connectivity index is 1.23. The topological polar surface area (TPSA) is 96.9 Å². The maximum atomic E-state index is 11.9. The minimum atomic E-state index is -0.908. The molecule has 2 aromatic rings. The number of rotatable bonds is 9. The van der Waals surface area contributed by atoms with E-state index in [1.165, 1.54) is 0 Å². The maximum Gasteiger partial charge on any atom is 0.421 e. The number of aryl methyl sites for hydroxylation is 1. The predicted molar refractivity (Wildman–Crippen MR) is 114 cm³/mol. The van der Waals surface area contributed by atoms with Crippen molar-refractivity contribution in [3.63, 3.8) is 0 Å². The van der Waals surface area contributed by atoms with E-state index in [0.29, 0.717) is 23.9 Å². The molecule has 0 saturated carbocycles. The Bertz CT molecular complexity index is 887. The Morgan fingerprint density at radius 3 is 2.39 bits per heavy atom. The van der Waals surface area contributed by atoms with Gasteiger partial charge in [0.1, 0.15) is 6.61 Å². The first kappa shape index (κ1) is 21.3. The van der Waals surface area contributed by atoms with E-state index >= 15 is 0 Å². The zero-order chi connectivity index (χ0) is 21.6. The lowest BCUT2D eigenvalue weighted by Crippen LogP contribution is -2.44. The molecule has 31 heavy (non-hydrogen) atoms. The van der Waals surface area contributed by atoms with Crippen LogP contribution in [0.25, 0.3) is 0 Å². The summed E-state index contributed by atoms with van der Waals surface area (Å²) in [4.78, 5) is 23.0. The smallest absolute Gasteiger partial charge is 0.421 e. The van der Waals surface area contributed by atoms with Gasteiger partial charge in [0.05, 0.1) is 17.8 Å². The van der Waals surface area contributed by atoms with Gasteiger partial charge < -0.3 is 14.6 Å². The molecule has 0 aliphatic carbocycles. The average molecular weight is 424 g/mol. The van der Waals surface area contributed by atoms with Gasteiger partial charge in [-0.05, 0) is 54.9 Å². The van der Waals surface area contributed by atoms with Crippen LogP contribution in [0, 0.1) is 11.8 Å². The van der Waals surface area contributed by atoms with Gasteiger partial charge in [0, 0.05) is 12.5 Å². The molecule has 7 nitrogen and oxygen atoms in total. The van der Waals surface area contributed by atoms with Crippen molar-refractivity contribution in [1.82, 2.24) is 10.9 Å². The van der Waals surface area contributed by atoms with Gasteiger partial charge in [0.15, 0.2) is 0 Å². The molecule has 2 aliphatic heterocycles. The monoisotopic (exact) mass is 424 g/mol. The highest BCUT2D eigenvalue weighted by Gasteiger charge is 2.48. The number of aromatic carboxylic acids is 1. The highest BCUT2D eigenvalue weighted by atomic mass is 16.6. The normalized spacial score (nSPS) is 24.1. The second-order valence-corrected chi connectivity index (χ2v) is 8.23. The van der Waals surface area contributed by atoms with E-state index in [9.17, 15) is 9.59 Å². The number of carbonyl (C=O) groups is 2. The van der Waals surface area contributed by atoms with E-state index in [-0.39, 0.29) is 18.8 Å². The molecular formula is C24H28N2O5. The molecule has 0 aromatic heterocycles. The molecular weight excluding hydrogens is 396 g/mol. The van der Waals surface area contributed by atoms with E-state index in [4.69, 9.17) is 14.6 Å². The van der Waals surface area contributed by atoms with Crippen molar-refractivity contribution in [1.29, 1.82) is 0 Å². The fourth-order valence-corrected chi connectivity index (χ4v) is 4.70. The Morgan fingerprint density at radius 1 is 0.968 bits per heavy atom. The Kier molecular flexibility index (Phi) is 6.84. The number of carboxylic acids is 1. The van der Waals surface area contributed by atoms with Crippen LogP contribution >= 0.6 is 0 Å². The predicted octanol–water partition coefficient (Wildman–Crippen LogP) is 3.54. The molecule has 2 aromatic carbocycles. The Hall–Kier alpha value is -2.90. The fraction of sp³-hybridized carbons (Fsp3) is 0.417. The second-order valence-electron chi connectivity index (χ2n) is 8.23. The molecule has 4 rings (SSSR count). The highest BCUT2D eigenvalue weighted by molar-refractivity contribution is 5.87. The molecule has 1 amide bonds. The van der Waals surface area contributed by atoms with Gasteiger partial charge in [-0.15, -0.1) is 0 Å². The van der Waals surface area contributed by atoms with Gasteiger partial charge in [-0.25, -0.2) is 15.0 Å². The fourth-order valence-electron chi connectivity index (χ4n) is 4.70. The summed E-state index contributed by atoms with van der Waals surface area (Å²) >= 11 is 0. The first-order valence-electron chi connectivity index (χ1n) is 10.8. The third-order valence-corrected chi connectivity index (χ3v) is 6.30. The second kappa shape index (κ2) is 9.94. The van der Waals surface area contributed by atoms with Crippen LogP contribution in [0.4, 0.5) is 4.79 Å². The van der Waals surface area contributed by atoms with Crippen molar-refractivity contribution in [3.8, 4) is 0 Å². The van der Waals surface area contributed by atoms with Crippen molar-refractivity contribution >= 4 is 12.1 Å². The van der Waals surface area contributed by atoms with Crippen LogP contribution in [-0.2, 0) is 22.5 Å². The minimum absolute atomic E-state index is 0.221. The van der Waals surface area contributed by atoms with Crippen LogP contribution in [0.15, 0.2) is 54.6 Å². The molecule has 0 radical (unpaired) electrons. The van der Waals surface area contributed by atoms with Gasteiger partial charge in [0.25, 0.3) is 0 Å². The molecule has 2 saturated heterocycles. The number of hydrogen-bond donors (Lipinski definition) is 3. The molecule has 4 atom stereocenters. The largest absolute Gasteiger partial charge is 0.478 e. The summed E-state index contributed by atoms with van der Waals surface area (Å²) < 4.78 is 11.4. The van der Waals surface area contributed by atoms with E-state index < -0.39 is 12.1 Å². The van der Waals surface area contributed by atoms with Crippen LogP contribution in [0.1, 0.15) is 40.7 Å². The van der Waals surface area contributed by atoms with Crippen LogP contribution in [0.3, 0.4) is 0 Å². The van der Waals surface area contributed by atoms with Crippen molar-refractivity contribution in [3.05, 3.63) is 71.3 Å². The third kappa shape index (κ3) is 5.42. The van der Waals surface area contributed by atoms with Gasteiger partial charge >= 0.3 is 12.1 Å². The van der Waals surface area contributed by atoms with Crippen molar-refractivity contribution < 1.29 is 24.2 Å². The average Bonchev–Trinajstić information content (AvgIpc) is 3.39. The molecule has 2 aliphatic rings. The summed E-state index contributed by atoms with van der Waals surface area (Å²) in [5, 5.41) is 9.04. The van der Waals surface area contributed by atoms with Gasteiger partial charge in [0.2, 0.25) is 0 Å². The molecule has 3 N–H and O–H groups in total. The van der Waals surface area contributed by atoms with Crippen LogP contribution < -0.4 is 10.9 Å². The maximum absolute atomic E-state index is 11.9. The van der Waals surface area contributed by atoms with Crippen LogP contribution in [0.5, 0.6) is 0 Å². The number of benzene rings is 2. The molecule has 2 heterocycles. The molecule has 0 unspecified atom stereocenters. The standard InChI is InChI=1S/C24H28N2O5/c27-23(28)18-9-6-16(7-10-18)8-11-19-20(22-13-12-21(19)31-22)14-25-26-24(29)30-15-17-4-2-1-3-5-17/h1-7,9-10,19-22,25H,8,11-15H2,(H,26,29)(H,27,28)/t19-,20-,21+,22-/m0/s1. The SMILES string of the molecule is O=C(NNC[C@H]1[C@H](CCc2ccc(C(=O)O)cc2)[C@H]2CC[C@@H]1O2)OCc1ccccc1. The molecule has 164 valence electrons. The lowest BCUT2D eigenvalue weighted by Gasteiger charge is -2.28. The summed E-state index contributed by atoms with van der Waals surface area (Å²) in [5.41, 5.74) is 8.03.